The Labute approximate surface area is 250 Å². The van der Waals surface area contributed by atoms with Gasteiger partial charge in [-0.2, -0.15) is 10.5 Å². The number of fused-ring (bicyclic) bond motifs is 3. The van der Waals surface area contributed by atoms with Gasteiger partial charge in [-0.3, -0.25) is 0 Å². The van der Waals surface area contributed by atoms with Crippen molar-refractivity contribution in [3.63, 3.8) is 0 Å². The van der Waals surface area contributed by atoms with E-state index in [-0.39, 0.29) is 0 Å². The predicted octanol–water partition coefficient (Wildman–Crippen LogP) is 10.5. The topological polar surface area (TPSA) is 50.8 Å². The van der Waals surface area contributed by atoms with E-state index in [0.29, 0.717) is 11.1 Å². The van der Waals surface area contributed by atoms with Gasteiger partial charge >= 0.3 is 0 Å². The molecule has 0 spiro atoms. The molecule has 0 radical (unpaired) electrons. The largest absolute Gasteiger partial charge is 0.310 e. The van der Waals surface area contributed by atoms with E-state index < -0.39 is 0 Å². The third-order valence-electron chi connectivity index (χ3n) is 7.91. The van der Waals surface area contributed by atoms with Crippen LogP contribution in [0.3, 0.4) is 0 Å². The molecule has 7 aromatic carbocycles. The summed E-state index contributed by atoms with van der Waals surface area (Å²) in [5.41, 5.74) is 6.51. The first kappa shape index (κ1) is 25.8. The molecule has 7 aromatic rings. The average molecular weight is 548 g/mol. The molecule has 0 heterocycles. The van der Waals surface area contributed by atoms with Crippen LogP contribution in [0.1, 0.15) is 22.3 Å². The van der Waals surface area contributed by atoms with Gasteiger partial charge in [-0.15, -0.1) is 0 Å². The minimum Gasteiger partial charge on any atom is -0.310 e. The fraction of sp³-hybridized carbons (Fsp3) is 0. The molecule has 3 nitrogen and oxygen atoms in total. The van der Waals surface area contributed by atoms with Crippen molar-refractivity contribution in [3.8, 4) is 12.1 Å². The second kappa shape index (κ2) is 11.0. The molecule has 0 aliphatic rings. The van der Waals surface area contributed by atoms with Crippen LogP contribution in [0.2, 0.25) is 0 Å². The molecule has 0 aliphatic carbocycles. The zero-order valence-corrected chi connectivity index (χ0v) is 23.3. The highest BCUT2D eigenvalue weighted by molar-refractivity contribution is 6.10. The van der Waals surface area contributed by atoms with Crippen molar-refractivity contribution in [2.24, 2.45) is 0 Å². The smallest absolute Gasteiger partial charge is 0.100 e. The third kappa shape index (κ3) is 4.66. The molecule has 7 rings (SSSR count). The summed E-state index contributed by atoms with van der Waals surface area (Å²) in [4.78, 5) is 2.29. The van der Waals surface area contributed by atoms with Gasteiger partial charge in [-0.05, 0) is 52.9 Å². The molecule has 0 bridgehead atoms. The highest BCUT2D eigenvalue weighted by Gasteiger charge is 2.15. The highest BCUT2D eigenvalue weighted by atomic mass is 15.1. The molecule has 0 fully saturated rings. The van der Waals surface area contributed by atoms with Gasteiger partial charge in [0.2, 0.25) is 0 Å². The van der Waals surface area contributed by atoms with Gasteiger partial charge in [0.1, 0.15) is 12.1 Å². The maximum atomic E-state index is 10.0. The Bertz CT molecular complexity index is 2240. The van der Waals surface area contributed by atoms with Crippen LogP contribution in [0, 0.1) is 22.7 Å². The van der Waals surface area contributed by atoms with Crippen molar-refractivity contribution in [3.05, 3.63) is 162 Å². The second-order valence-corrected chi connectivity index (χ2v) is 10.4. The highest BCUT2D eigenvalue weighted by Crippen LogP contribution is 2.39. The lowest BCUT2D eigenvalue weighted by atomic mass is 9.91. The maximum Gasteiger partial charge on any atom is 0.100 e. The molecule has 43 heavy (non-hydrogen) atoms. The summed E-state index contributed by atoms with van der Waals surface area (Å²) >= 11 is 0. The first-order valence-corrected chi connectivity index (χ1v) is 14.1. The van der Waals surface area contributed by atoms with E-state index in [0.717, 1.165) is 49.7 Å². The van der Waals surface area contributed by atoms with Gasteiger partial charge in [0.15, 0.2) is 0 Å². The van der Waals surface area contributed by atoms with Gasteiger partial charge in [-0.1, -0.05) is 115 Å². The number of rotatable bonds is 5. The third-order valence-corrected chi connectivity index (χ3v) is 7.91. The fourth-order valence-electron chi connectivity index (χ4n) is 5.88. The number of para-hydroxylation sites is 1. The van der Waals surface area contributed by atoms with E-state index in [2.05, 4.69) is 120 Å². The van der Waals surface area contributed by atoms with Crippen LogP contribution in [0.15, 0.2) is 140 Å². The Balaban J connectivity index is 1.26. The van der Waals surface area contributed by atoms with Gasteiger partial charge in [0.25, 0.3) is 0 Å². The first-order chi connectivity index (χ1) is 21.2. The van der Waals surface area contributed by atoms with E-state index in [1.165, 1.54) is 10.8 Å². The van der Waals surface area contributed by atoms with Crippen LogP contribution in [-0.2, 0) is 0 Å². The van der Waals surface area contributed by atoms with Gasteiger partial charge in [-0.25, -0.2) is 0 Å². The molecule has 0 aromatic heterocycles. The van der Waals surface area contributed by atoms with E-state index >= 15 is 0 Å². The number of hydrogen-bond acceptors (Lipinski definition) is 3. The summed E-state index contributed by atoms with van der Waals surface area (Å²) in [5, 5.41) is 25.6. The molecular weight excluding hydrogens is 522 g/mol. The lowest BCUT2D eigenvalue weighted by molar-refractivity contribution is 1.30. The number of nitriles is 2. The maximum absolute atomic E-state index is 10.0. The van der Waals surface area contributed by atoms with Crippen molar-refractivity contribution >= 4 is 61.5 Å². The predicted molar refractivity (Wildman–Crippen MR) is 178 cm³/mol. The summed E-state index contributed by atoms with van der Waals surface area (Å²) in [5.74, 6) is 0. The van der Waals surface area contributed by atoms with E-state index in [9.17, 15) is 10.5 Å². The number of anilines is 3. The van der Waals surface area contributed by atoms with Crippen LogP contribution < -0.4 is 4.90 Å². The minimum absolute atomic E-state index is 0.596. The van der Waals surface area contributed by atoms with Crippen molar-refractivity contribution in [2.45, 2.75) is 0 Å². The zero-order chi connectivity index (χ0) is 29.2. The number of hydrogen-bond donors (Lipinski definition) is 0. The SMILES string of the molecule is N#Cc1c2ccccc2c(C#N)c2cc(/C=C/c3ccc(N(c4ccccc4)c4cccc5ccccc45)cc3)ccc12. The van der Waals surface area contributed by atoms with Gasteiger partial charge < -0.3 is 4.90 Å². The summed E-state index contributed by atoms with van der Waals surface area (Å²) in [6.45, 7) is 0. The van der Waals surface area contributed by atoms with Crippen LogP contribution in [-0.4, -0.2) is 0 Å². The summed E-state index contributed by atoms with van der Waals surface area (Å²) in [7, 11) is 0. The zero-order valence-electron chi connectivity index (χ0n) is 23.3. The molecular formula is C40H25N3. The van der Waals surface area contributed by atoms with Crippen molar-refractivity contribution in [1.82, 2.24) is 0 Å². The summed E-state index contributed by atoms with van der Waals surface area (Å²) < 4.78 is 0. The van der Waals surface area contributed by atoms with Crippen LogP contribution in [0.5, 0.6) is 0 Å². The molecule has 0 N–H and O–H groups in total. The lowest BCUT2D eigenvalue weighted by Crippen LogP contribution is -2.10. The monoisotopic (exact) mass is 547 g/mol. The lowest BCUT2D eigenvalue weighted by Gasteiger charge is -2.27. The van der Waals surface area contributed by atoms with Crippen LogP contribution in [0.25, 0.3) is 44.5 Å². The van der Waals surface area contributed by atoms with E-state index in [4.69, 9.17) is 0 Å². The minimum atomic E-state index is 0.596. The summed E-state index contributed by atoms with van der Waals surface area (Å²) in [6.07, 6.45) is 4.13. The van der Waals surface area contributed by atoms with Crippen LogP contribution in [0.4, 0.5) is 17.1 Å². The molecule has 0 amide bonds. The van der Waals surface area contributed by atoms with Gasteiger partial charge in [0, 0.05) is 38.3 Å². The number of nitrogens with zero attached hydrogens (tertiary/aromatic N) is 3. The number of benzene rings is 7. The Kier molecular flexibility index (Phi) is 6.61. The molecule has 3 heteroatoms. The van der Waals surface area contributed by atoms with Crippen molar-refractivity contribution in [2.75, 3.05) is 4.90 Å². The van der Waals surface area contributed by atoms with Crippen molar-refractivity contribution < 1.29 is 0 Å². The quantitative estimate of drug-likeness (QED) is 0.159. The molecule has 0 aliphatic heterocycles. The molecule has 0 saturated heterocycles. The van der Waals surface area contributed by atoms with Crippen molar-refractivity contribution in [1.29, 1.82) is 10.5 Å². The Hall–Kier alpha value is -6.16. The van der Waals surface area contributed by atoms with E-state index in [1.54, 1.807) is 0 Å². The van der Waals surface area contributed by atoms with Crippen LogP contribution >= 0.6 is 0 Å². The standard InChI is InChI=1S/C40H25N3/c41-26-38-34-14-6-7-15-35(34)39(27-42)37-25-29(21-24-36(37)38)18-17-28-19-22-32(23-20-28)43(31-11-2-1-3-12-31)40-16-8-10-30-9-4-5-13-33(30)40/h1-25H/b18-17+. The normalized spacial score (nSPS) is 11.1. The molecule has 0 atom stereocenters. The Morgan fingerprint density at radius 3 is 1.70 bits per heavy atom. The van der Waals surface area contributed by atoms with E-state index in [1.807, 2.05) is 48.5 Å². The summed E-state index contributed by atoms with van der Waals surface area (Å²) in [6, 6.07) is 52.2. The molecule has 0 unspecified atom stereocenters. The van der Waals surface area contributed by atoms with Gasteiger partial charge in [0.05, 0.1) is 16.8 Å². The second-order valence-electron chi connectivity index (χ2n) is 10.4. The molecule has 0 saturated carbocycles. The fourth-order valence-corrected chi connectivity index (χ4v) is 5.88. The first-order valence-electron chi connectivity index (χ1n) is 14.1. The average Bonchev–Trinajstić information content (AvgIpc) is 3.07. The molecule has 200 valence electrons. The Morgan fingerprint density at radius 1 is 0.442 bits per heavy atom. The Morgan fingerprint density at radius 2 is 0.977 bits per heavy atom.